The van der Waals surface area contributed by atoms with Crippen LogP contribution in [0.1, 0.15) is 44.7 Å². The van der Waals surface area contributed by atoms with E-state index >= 15 is 0 Å². The molecule has 1 aromatic heterocycles. The first-order valence-electron chi connectivity index (χ1n) is 10.7. The smallest absolute Gasteiger partial charge is 0.414 e. The van der Waals surface area contributed by atoms with Gasteiger partial charge in [0.05, 0.1) is 35.7 Å². The first kappa shape index (κ1) is 21.3. The minimum Gasteiger partial charge on any atom is -0.443 e. The monoisotopic (exact) mass is 429 g/mol. The van der Waals surface area contributed by atoms with Crippen molar-refractivity contribution in [1.82, 2.24) is 14.8 Å². The van der Waals surface area contributed by atoms with Crippen LogP contribution in [0.5, 0.6) is 0 Å². The van der Waals surface area contributed by atoms with Gasteiger partial charge in [-0.05, 0) is 45.2 Å². The van der Waals surface area contributed by atoms with Gasteiger partial charge in [-0.2, -0.15) is 0 Å². The van der Waals surface area contributed by atoms with E-state index in [1.54, 1.807) is 16.2 Å². The highest BCUT2D eigenvalue weighted by Crippen LogP contribution is 2.32. The number of benzene rings is 1. The average molecular weight is 430 g/mol. The van der Waals surface area contributed by atoms with Crippen molar-refractivity contribution in [3.8, 4) is 0 Å². The van der Waals surface area contributed by atoms with E-state index in [1.165, 1.54) is 4.70 Å². The Bertz CT molecular complexity index is 941. The SMILES string of the molecule is C[C@H]1CC=C(c2ccc3sc(CN4CCOCC4)nc3c2)N(C(=O)OC(C)(C)C)C1. The Morgan fingerprint density at radius 2 is 2.07 bits per heavy atom. The summed E-state index contributed by atoms with van der Waals surface area (Å²) in [7, 11) is 0. The second kappa shape index (κ2) is 8.65. The van der Waals surface area contributed by atoms with Crippen LogP contribution in [0.3, 0.4) is 0 Å². The first-order chi connectivity index (χ1) is 14.3. The number of carbonyl (C=O) groups is 1. The Kier molecular flexibility index (Phi) is 6.14. The fourth-order valence-corrected chi connectivity index (χ4v) is 4.81. The third-order valence-electron chi connectivity index (χ3n) is 5.30. The number of nitrogens with zero attached hydrogens (tertiary/aromatic N) is 3. The average Bonchev–Trinajstić information content (AvgIpc) is 3.08. The zero-order valence-electron chi connectivity index (χ0n) is 18.3. The highest BCUT2D eigenvalue weighted by atomic mass is 32.1. The van der Waals surface area contributed by atoms with Gasteiger partial charge in [-0.1, -0.05) is 19.1 Å². The number of hydrogen-bond acceptors (Lipinski definition) is 6. The van der Waals surface area contributed by atoms with Crippen LogP contribution in [-0.2, 0) is 16.0 Å². The van der Waals surface area contributed by atoms with Crippen LogP contribution in [0.25, 0.3) is 15.9 Å². The van der Waals surface area contributed by atoms with Crippen LogP contribution in [-0.4, -0.2) is 59.3 Å². The summed E-state index contributed by atoms with van der Waals surface area (Å²) in [6, 6.07) is 6.32. The van der Waals surface area contributed by atoms with Gasteiger partial charge in [0.15, 0.2) is 0 Å². The van der Waals surface area contributed by atoms with E-state index in [0.717, 1.165) is 61.1 Å². The number of carbonyl (C=O) groups excluding carboxylic acids is 1. The molecule has 0 saturated carbocycles. The van der Waals surface area contributed by atoms with Crippen molar-refractivity contribution in [2.24, 2.45) is 5.92 Å². The van der Waals surface area contributed by atoms with Crippen LogP contribution in [0.4, 0.5) is 4.79 Å². The normalized spacial score (nSPS) is 21.0. The van der Waals surface area contributed by atoms with Gasteiger partial charge in [0.2, 0.25) is 0 Å². The van der Waals surface area contributed by atoms with Gasteiger partial charge < -0.3 is 9.47 Å². The molecule has 7 heteroatoms. The van der Waals surface area contributed by atoms with Crippen molar-refractivity contribution < 1.29 is 14.3 Å². The molecule has 6 nitrogen and oxygen atoms in total. The topological polar surface area (TPSA) is 54.9 Å². The molecule has 0 bridgehead atoms. The summed E-state index contributed by atoms with van der Waals surface area (Å²) in [5.41, 5.74) is 2.41. The number of fused-ring (bicyclic) bond motifs is 1. The van der Waals surface area contributed by atoms with E-state index in [0.29, 0.717) is 12.5 Å². The summed E-state index contributed by atoms with van der Waals surface area (Å²) in [6.07, 6.45) is 2.82. The second-order valence-corrected chi connectivity index (χ2v) is 10.3. The fraction of sp³-hybridized carbons (Fsp3) is 0.565. The standard InChI is InChI=1S/C23H31N3O3S/c1-16-5-7-19(26(14-16)22(27)29-23(2,3)4)17-6-8-20-18(13-17)24-21(30-20)15-25-9-11-28-12-10-25/h6-8,13,16H,5,9-12,14-15H2,1-4H3/t16-/m0/s1. The largest absolute Gasteiger partial charge is 0.443 e. The van der Waals surface area contributed by atoms with Crippen LogP contribution in [0.15, 0.2) is 24.3 Å². The van der Waals surface area contributed by atoms with Crippen molar-refractivity contribution in [1.29, 1.82) is 0 Å². The number of thiazole rings is 1. The van der Waals surface area contributed by atoms with Gasteiger partial charge >= 0.3 is 6.09 Å². The third kappa shape index (κ3) is 5.02. The maximum atomic E-state index is 12.9. The molecule has 30 heavy (non-hydrogen) atoms. The lowest BCUT2D eigenvalue weighted by Gasteiger charge is -2.33. The molecule has 1 atom stereocenters. The first-order valence-corrected chi connectivity index (χ1v) is 11.5. The Morgan fingerprint density at radius 3 is 2.80 bits per heavy atom. The molecule has 162 valence electrons. The highest BCUT2D eigenvalue weighted by Gasteiger charge is 2.29. The molecule has 1 amide bonds. The summed E-state index contributed by atoms with van der Waals surface area (Å²) < 4.78 is 12.3. The Morgan fingerprint density at radius 1 is 1.30 bits per heavy atom. The molecule has 1 saturated heterocycles. The Labute approximate surface area is 182 Å². The second-order valence-electron chi connectivity index (χ2n) is 9.20. The molecule has 0 spiro atoms. The molecule has 0 unspecified atom stereocenters. The lowest BCUT2D eigenvalue weighted by molar-refractivity contribution is 0.0327. The summed E-state index contributed by atoms with van der Waals surface area (Å²) in [5, 5.41) is 1.12. The predicted molar refractivity (Wildman–Crippen MR) is 120 cm³/mol. The van der Waals surface area contributed by atoms with Gasteiger partial charge in [-0.25, -0.2) is 9.78 Å². The molecule has 2 aliphatic rings. The summed E-state index contributed by atoms with van der Waals surface area (Å²) in [5.74, 6) is 0.407. The summed E-state index contributed by atoms with van der Waals surface area (Å²) in [6.45, 7) is 12.9. The van der Waals surface area contributed by atoms with Crippen LogP contribution >= 0.6 is 11.3 Å². The molecule has 4 rings (SSSR count). The van der Waals surface area contributed by atoms with Crippen LogP contribution in [0.2, 0.25) is 0 Å². The van der Waals surface area contributed by atoms with E-state index in [4.69, 9.17) is 14.5 Å². The van der Waals surface area contributed by atoms with Gasteiger partial charge in [0, 0.05) is 25.2 Å². The Hall–Kier alpha value is -1.96. The zero-order valence-corrected chi connectivity index (χ0v) is 19.1. The summed E-state index contributed by atoms with van der Waals surface area (Å²) in [4.78, 5) is 21.9. The molecule has 0 radical (unpaired) electrons. The van der Waals surface area contributed by atoms with E-state index in [-0.39, 0.29) is 6.09 Å². The number of allylic oxidation sites excluding steroid dienone is 1. The lowest BCUT2D eigenvalue weighted by atomic mass is 9.98. The highest BCUT2D eigenvalue weighted by molar-refractivity contribution is 7.18. The van der Waals surface area contributed by atoms with Crippen molar-refractivity contribution in [3.63, 3.8) is 0 Å². The van der Waals surface area contributed by atoms with Crippen LogP contribution < -0.4 is 0 Å². The molecule has 2 aromatic rings. The number of hydrogen-bond donors (Lipinski definition) is 0. The number of amides is 1. The van der Waals surface area contributed by atoms with E-state index in [2.05, 4.69) is 36.1 Å². The molecule has 0 aliphatic carbocycles. The van der Waals surface area contributed by atoms with E-state index in [1.807, 2.05) is 20.8 Å². The number of aromatic nitrogens is 1. The van der Waals surface area contributed by atoms with Gasteiger partial charge in [-0.15, -0.1) is 11.3 Å². The molecule has 2 aliphatic heterocycles. The number of morpholine rings is 1. The lowest BCUT2D eigenvalue weighted by Crippen LogP contribution is -2.39. The maximum Gasteiger partial charge on any atom is 0.414 e. The summed E-state index contributed by atoms with van der Waals surface area (Å²) >= 11 is 1.74. The maximum absolute atomic E-state index is 12.9. The third-order valence-corrected chi connectivity index (χ3v) is 6.32. The molecule has 1 aromatic carbocycles. The minimum absolute atomic E-state index is 0.285. The van der Waals surface area contributed by atoms with Gasteiger partial charge in [0.1, 0.15) is 10.6 Å². The van der Waals surface area contributed by atoms with Crippen molar-refractivity contribution in [2.75, 3.05) is 32.8 Å². The zero-order chi connectivity index (χ0) is 21.3. The molecule has 0 N–H and O–H groups in total. The predicted octanol–water partition coefficient (Wildman–Crippen LogP) is 4.75. The van der Waals surface area contributed by atoms with Crippen molar-refractivity contribution >= 4 is 33.3 Å². The van der Waals surface area contributed by atoms with E-state index < -0.39 is 5.60 Å². The molecular weight excluding hydrogens is 398 g/mol. The van der Waals surface area contributed by atoms with Crippen LogP contribution in [0, 0.1) is 5.92 Å². The molecule has 1 fully saturated rings. The fourth-order valence-electron chi connectivity index (χ4n) is 3.82. The molecular formula is C23H31N3O3S. The molecule has 3 heterocycles. The van der Waals surface area contributed by atoms with Gasteiger partial charge in [-0.3, -0.25) is 9.80 Å². The van der Waals surface area contributed by atoms with E-state index in [9.17, 15) is 4.79 Å². The Balaban J connectivity index is 1.58. The quantitative estimate of drug-likeness (QED) is 0.705. The van der Waals surface area contributed by atoms with Crippen molar-refractivity contribution in [2.45, 2.75) is 46.3 Å². The van der Waals surface area contributed by atoms with Crippen molar-refractivity contribution in [3.05, 3.63) is 34.8 Å². The number of ether oxygens (including phenoxy) is 2. The number of rotatable bonds is 3. The minimum atomic E-state index is -0.518. The van der Waals surface area contributed by atoms with Gasteiger partial charge in [0.25, 0.3) is 0 Å².